The highest BCUT2D eigenvalue weighted by Crippen LogP contribution is 2.57. The Labute approximate surface area is 156 Å². The minimum atomic E-state index is -2.66. The summed E-state index contributed by atoms with van der Waals surface area (Å²) in [6, 6.07) is 0.198. The topological polar surface area (TPSA) is 73.9 Å². The molecule has 1 unspecified atom stereocenters. The smallest absolute Gasteiger partial charge is 0.256 e. The van der Waals surface area contributed by atoms with E-state index in [9.17, 15) is 13.6 Å². The highest BCUT2D eigenvalue weighted by atomic mass is 19.3. The summed E-state index contributed by atoms with van der Waals surface area (Å²) in [7, 11) is 0. The van der Waals surface area contributed by atoms with Crippen LogP contribution < -0.4 is 5.32 Å². The summed E-state index contributed by atoms with van der Waals surface area (Å²) < 4.78 is 27.2. The number of nitrogens with zero attached hydrogens (tertiary/aromatic N) is 3. The average molecular weight is 375 g/mol. The molecule has 2 aromatic rings. The van der Waals surface area contributed by atoms with Gasteiger partial charge in [-0.2, -0.15) is 0 Å². The van der Waals surface area contributed by atoms with E-state index in [-0.39, 0.29) is 24.4 Å². The third-order valence-electron chi connectivity index (χ3n) is 5.68. The van der Waals surface area contributed by atoms with Crippen molar-refractivity contribution in [2.24, 2.45) is 0 Å². The van der Waals surface area contributed by atoms with Crippen LogP contribution in [0.25, 0.3) is 11.0 Å². The molecule has 1 aliphatic carbocycles. The normalized spacial score (nSPS) is 26.8. The van der Waals surface area contributed by atoms with Gasteiger partial charge in [-0.1, -0.05) is 13.5 Å². The number of anilines is 1. The average Bonchev–Trinajstić information content (AvgIpc) is 3.10. The van der Waals surface area contributed by atoms with Crippen molar-refractivity contribution in [2.45, 2.75) is 56.5 Å². The van der Waals surface area contributed by atoms with Crippen LogP contribution in [0, 0.1) is 0 Å². The number of H-pyrrole nitrogens is 1. The van der Waals surface area contributed by atoms with Crippen LogP contribution in [0.4, 0.5) is 14.6 Å². The number of likely N-dealkylation sites (tertiary alicyclic amines) is 1. The maximum absolute atomic E-state index is 13.6. The first-order chi connectivity index (χ1) is 12.9. The Morgan fingerprint density at radius 3 is 2.93 bits per heavy atom. The number of aromatic amines is 1. The lowest BCUT2D eigenvalue weighted by atomic mass is 9.96. The number of hydrogen-bond acceptors (Lipinski definition) is 4. The summed E-state index contributed by atoms with van der Waals surface area (Å²) in [5.74, 6) is -2.98. The first-order valence-corrected chi connectivity index (χ1v) is 9.34. The molecular formula is C19H23F2N5O. The van der Waals surface area contributed by atoms with E-state index in [0.29, 0.717) is 29.0 Å². The molecule has 4 rings (SSSR count). The minimum absolute atomic E-state index is 0.00253. The van der Waals surface area contributed by atoms with Gasteiger partial charge in [0, 0.05) is 31.2 Å². The van der Waals surface area contributed by atoms with Crippen molar-refractivity contribution < 1.29 is 13.6 Å². The van der Waals surface area contributed by atoms with Gasteiger partial charge in [0.1, 0.15) is 17.8 Å². The van der Waals surface area contributed by atoms with E-state index < -0.39 is 11.8 Å². The van der Waals surface area contributed by atoms with Gasteiger partial charge in [-0.05, 0) is 30.9 Å². The molecule has 3 heterocycles. The Bertz CT molecular complexity index is 880. The third kappa shape index (κ3) is 3.17. The van der Waals surface area contributed by atoms with Crippen molar-refractivity contribution in [3.63, 3.8) is 0 Å². The van der Waals surface area contributed by atoms with Crippen LogP contribution in [0.1, 0.15) is 44.1 Å². The SMILES string of the molecule is C=CC(=O)N1CC(Nc2ncnc3[nH]cc([C@@H]4CC4(F)F)c23)CC[C@H]1CC. The Hall–Kier alpha value is -2.51. The van der Waals surface area contributed by atoms with Crippen molar-refractivity contribution in [1.29, 1.82) is 0 Å². The van der Waals surface area contributed by atoms with Crippen LogP contribution in [-0.4, -0.2) is 50.3 Å². The van der Waals surface area contributed by atoms with E-state index in [0.717, 1.165) is 19.3 Å². The van der Waals surface area contributed by atoms with E-state index in [2.05, 4.69) is 33.8 Å². The van der Waals surface area contributed by atoms with E-state index in [1.165, 1.54) is 12.4 Å². The Kier molecular flexibility index (Phi) is 4.36. The van der Waals surface area contributed by atoms with Gasteiger partial charge in [-0.3, -0.25) is 4.79 Å². The second kappa shape index (κ2) is 6.58. The molecule has 2 N–H and O–H groups in total. The molecule has 144 valence electrons. The molecule has 1 saturated heterocycles. The summed E-state index contributed by atoms with van der Waals surface area (Å²) in [6.45, 7) is 6.19. The molecule has 0 spiro atoms. The zero-order valence-corrected chi connectivity index (χ0v) is 15.2. The molecule has 1 aliphatic heterocycles. The third-order valence-corrected chi connectivity index (χ3v) is 5.68. The second-order valence-electron chi connectivity index (χ2n) is 7.38. The van der Waals surface area contributed by atoms with Gasteiger partial charge in [0.2, 0.25) is 5.91 Å². The largest absolute Gasteiger partial charge is 0.365 e. The summed E-state index contributed by atoms with van der Waals surface area (Å²) in [6.07, 6.45) is 6.87. The molecule has 2 fully saturated rings. The van der Waals surface area contributed by atoms with Crippen LogP contribution >= 0.6 is 0 Å². The molecule has 2 aromatic heterocycles. The number of halogens is 2. The Morgan fingerprint density at radius 2 is 2.26 bits per heavy atom. The van der Waals surface area contributed by atoms with Gasteiger partial charge >= 0.3 is 0 Å². The summed E-state index contributed by atoms with van der Waals surface area (Å²) in [4.78, 5) is 25.5. The van der Waals surface area contributed by atoms with E-state index >= 15 is 0 Å². The molecule has 1 saturated carbocycles. The number of hydrogen-bond donors (Lipinski definition) is 2. The summed E-state index contributed by atoms with van der Waals surface area (Å²) >= 11 is 0. The first-order valence-electron chi connectivity index (χ1n) is 9.34. The van der Waals surface area contributed by atoms with Gasteiger partial charge < -0.3 is 15.2 Å². The molecule has 0 bridgehead atoms. The van der Waals surface area contributed by atoms with Crippen molar-refractivity contribution in [1.82, 2.24) is 19.9 Å². The fourth-order valence-electron chi connectivity index (χ4n) is 4.07. The lowest BCUT2D eigenvalue weighted by molar-refractivity contribution is -0.129. The summed E-state index contributed by atoms with van der Waals surface area (Å²) in [5.41, 5.74) is 1.10. The van der Waals surface area contributed by atoms with Crippen LogP contribution in [0.15, 0.2) is 25.2 Å². The molecular weight excluding hydrogens is 352 g/mol. The van der Waals surface area contributed by atoms with Crippen molar-refractivity contribution in [3.8, 4) is 0 Å². The highest BCUT2D eigenvalue weighted by Gasteiger charge is 2.58. The molecule has 3 atom stereocenters. The number of carbonyl (C=O) groups is 1. The zero-order valence-electron chi connectivity index (χ0n) is 15.2. The molecule has 2 aliphatic rings. The predicted molar refractivity (Wildman–Crippen MR) is 98.8 cm³/mol. The number of carbonyl (C=O) groups excluding carboxylic acids is 1. The molecule has 0 radical (unpaired) electrons. The van der Waals surface area contributed by atoms with Gasteiger partial charge in [0.15, 0.2) is 0 Å². The Morgan fingerprint density at radius 1 is 1.48 bits per heavy atom. The Balaban J connectivity index is 1.59. The van der Waals surface area contributed by atoms with Gasteiger partial charge in [0.25, 0.3) is 5.92 Å². The fourth-order valence-corrected chi connectivity index (χ4v) is 4.07. The van der Waals surface area contributed by atoms with E-state index in [1.54, 1.807) is 6.20 Å². The lowest BCUT2D eigenvalue weighted by Crippen LogP contribution is -2.50. The quantitative estimate of drug-likeness (QED) is 0.785. The molecule has 27 heavy (non-hydrogen) atoms. The monoisotopic (exact) mass is 375 g/mol. The number of amides is 1. The number of fused-ring (bicyclic) bond motifs is 1. The maximum atomic E-state index is 13.6. The number of alkyl halides is 2. The van der Waals surface area contributed by atoms with Crippen molar-refractivity contribution in [3.05, 3.63) is 30.7 Å². The number of aromatic nitrogens is 3. The van der Waals surface area contributed by atoms with E-state index in [4.69, 9.17) is 0 Å². The minimum Gasteiger partial charge on any atom is -0.365 e. The van der Waals surface area contributed by atoms with Crippen molar-refractivity contribution >= 4 is 22.8 Å². The maximum Gasteiger partial charge on any atom is 0.256 e. The number of piperidine rings is 1. The van der Waals surface area contributed by atoms with Gasteiger partial charge in [-0.25, -0.2) is 18.7 Å². The molecule has 0 aromatic carbocycles. The van der Waals surface area contributed by atoms with Crippen LogP contribution in [0.5, 0.6) is 0 Å². The highest BCUT2D eigenvalue weighted by molar-refractivity contribution is 5.91. The standard InChI is InChI=1S/C19H23F2N5O/c1-3-12-6-5-11(9-26(12)15(27)4-2)25-18-16-13(14-7-19(14,20)21)8-22-17(16)23-10-24-18/h4,8,10-12,14H,2-3,5-7,9H2,1H3,(H2,22,23,24,25)/t11?,12-,14+/m1/s1. The lowest BCUT2D eigenvalue weighted by Gasteiger charge is -2.39. The summed E-state index contributed by atoms with van der Waals surface area (Å²) in [5, 5.41) is 3.99. The second-order valence-corrected chi connectivity index (χ2v) is 7.38. The van der Waals surface area contributed by atoms with Gasteiger partial charge in [-0.15, -0.1) is 0 Å². The first kappa shape index (κ1) is 17.9. The van der Waals surface area contributed by atoms with Crippen LogP contribution in [0.2, 0.25) is 0 Å². The van der Waals surface area contributed by atoms with Gasteiger partial charge in [0.05, 0.1) is 11.3 Å². The number of nitrogens with one attached hydrogen (secondary N) is 2. The van der Waals surface area contributed by atoms with Crippen LogP contribution in [-0.2, 0) is 4.79 Å². The fraction of sp³-hybridized carbons (Fsp3) is 0.526. The van der Waals surface area contributed by atoms with Crippen molar-refractivity contribution in [2.75, 3.05) is 11.9 Å². The molecule has 6 nitrogen and oxygen atoms in total. The van der Waals surface area contributed by atoms with Crippen LogP contribution in [0.3, 0.4) is 0 Å². The molecule has 8 heteroatoms. The zero-order chi connectivity index (χ0) is 19.2. The predicted octanol–water partition coefficient (Wildman–Crippen LogP) is 3.45. The molecule has 1 amide bonds. The number of rotatable bonds is 5. The van der Waals surface area contributed by atoms with E-state index in [1.807, 2.05) is 4.90 Å².